The van der Waals surface area contributed by atoms with Crippen LogP contribution in [0.15, 0.2) is 69.7 Å². The van der Waals surface area contributed by atoms with Crippen molar-refractivity contribution >= 4 is 21.4 Å². The van der Waals surface area contributed by atoms with Crippen molar-refractivity contribution in [1.82, 2.24) is 4.83 Å². The fourth-order valence-electron chi connectivity index (χ4n) is 3.41. The monoisotopic (exact) mass is 457 g/mol. The van der Waals surface area contributed by atoms with Crippen LogP contribution < -0.4 is 4.83 Å². The Balaban J connectivity index is 2.08. The van der Waals surface area contributed by atoms with E-state index in [0.717, 1.165) is 24.8 Å². The fraction of sp³-hybridized carbons (Fsp3) is 0.440. The van der Waals surface area contributed by atoms with E-state index in [4.69, 9.17) is 0 Å². The quantitative estimate of drug-likeness (QED) is 0.157. The van der Waals surface area contributed by atoms with Gasteiger partial charge in [0, 0.05) is 5.56 Å². The molecule has 0 atom stereocenters. The van der Waals surface area contributed by atoms with Gasteiger partial charge >= 0.3 is 0 Å². The van der Waals surface area contributed by atoms with Crippen molar-refractivity contribution in [3.8, 4) is 0 Å². The molecule has 0 saturated heterocycles. The van der Waals surface area contributed by atoms with Gasteiger partial charge in [-0.25, -0.2) is 0 Å². The molecule has 0 amide bonds. The molecule has 0 spiro atoms. The van der Waals surface area contributed by atoms with Crippen molar-refractivity contribution in [2.45, 2.75) is 76.5 Å². The van der Waals surface area contributed by atoms with Crippen molar-refractivity contribution in [3.05, 3.63) is 65.7 Å². The summed E-state index contributed by atoms with van der Waals surface area (Å²) in [5.41, 5.74) is 2.35. The van der Waals surface area contributed by atoms with Crippen LogP contribution in [0.3, 0.4) is 0 Å². The van der Waals surface area contributed by atoms with Crippen molar-refractivity contribution in [3.63, 3.8) is 0 Å². The zero-order valence-electron chi connectivity index (χ0n) is 19.1. The number of nitrogens with zero attached hydrogens (tertiary/aromatic N) is 2. The smallest absolute Gasteiger partial charge is 0.276 e. The second-order valence-electron chi connectivity index (χ2n) is 8.01. The first-order valence-electron chi connectivity index (χ1n) is 11.4. The predicted octanol–water partition coefficient (Wildman–Crippen LogP) is 6.04. The first-order valence-corrected chi connectivity index (χ1v) is 12.9. The number of benzene rings is 2. The molecule has 2 N–H and O–H groups in total. The van der Waals surface area contributed by atoms with Gasteiger partial charge in [0.2, 0.25) is 0 Å². The van der Waals surface area contributed by atoms with Crippen molar-refractivity contribution < 1.29 is 13.6 Å². The number of rotatable bonds is 14. The first-order chi connectivity index (χ1) is 15.5. The predicted molar refractivity (Wildman–Crippen MR) is 131 cm³/mol. The van der Waals surface area contributed by atoms with E-state index >= 15 is 0 Å². The molecule has 6 nitrogen and oxygen atoms in total. The maximum absolute atomic E-state index is 12.7. The lowest BCUT2D eigenvalue weighted by molar-refractivity contribution is 0.318. The minimum Gasteiger partial charge on any atom is -0.411 e. The molecule has 0 radical (unpaired) electrons. The summed E-state index contributed by atoms with van der Waals surface area (Å²) in [6, 6.07) is 15.7. The SMILES string of the molecule is CCCCCCCCCCC(=N/O)/C(=N\NS(=O)(=O)c1ccc(C)cc1)c1ccccc1. The second-order valence-corrected chi connectivity index (χ2v) is 9.67. The Kier molecular flexibility index (Phi) is 10.9. The van der Waals surface area contributed by atoms with Gasteiger partial charge in [0.05, 0.1) is 4.90 Å². The molecule has 0 aliphatic heterocycles. The third-order valence-electron chi connectivity index (χ3n) is 5.32. The molecular weight excluding hydrogens is 422 g/mol. The largest absolute Gasteiger partial charge is 0.411 e. The lowest BCUT2D eigenvalue weighted by Gasteiger charge is -2.11. The highest BCUT2D eigenvalue weighted by atomic mass is 32.2. The number of aryl methyl sites for hydroxylation is 1. The van der Waals surface area contributed by atoms with Crippen molar-refractivity contribution in [2.24, 2.45) is 10.3 Å². The van der Waals surface area contributed by atoms with Crippen LogP contribution in [0.4, 0.5) is 0 Å². The van der Waals surface area contributed by atoms with Crippen LogP contribution in [-0.4, -0.2) is 25.0 Å². The van der Waals surface area contributed by atoms with Crippen LogP contribution in [0.1, 0.15) is 75.8 Å². The Morgan fingerprint density at radius 3 is 2.06 bits per heavy atom. The van der Waals surface area contributed by atoms with Crippen LogP contribution >= 0.6 is 0 Å². The van der Waals surface area contributed by atoms with Gasteiger partial charge in [-0.3, -0.25) is 0 Å². The average molecular weight is 458 g/mol. The zero-order valence-corrected chi connectivity index (χ0v) is 19.9. The van der Waals surface area contributed by atoms with Gasteiger partial charge < -0.3 is 5.21 Å². The van der Waals surface area contributed by atoms with Gasteiger partial charge in [-0.05, 0) is 31.9 Å². The fourth-order valence-corrected chi connectivity index (χ4v) is 4.22. The van der Waals surface area contributed by atoms with Crippen LogP contribution in [-0.2, 0) is 10.0 Å². The highest BCUT2D eigenvalue weighted by molar-refractivity contribution is 7.89. The van der Waals surface area contributed by atoms with Gasteiger partial charge in [-0.2, -0.15) is 18.4 Å². The topological polar surface area (TPSA) is 91.1 Å². The van der Waals surface area contributed by atoms with Gasteiger partial charge in [-0.1, -0.05) is 105 Å². The van der Waals surface area contributed by atoms with Gasteiger partial charge in [0.15, 0.2) is 0 Å². The Bertz CT molecular complexity index is 969. The minimum absolute atomic E-state index is 0.129. The highest BCUT2D eigenvalue weighted by Gasteiger charge is 2.17. The lowest BCUT2D eigenvalue weighted by atomic mass is 10.0. The summed E-state index contributed by atoms with van der Waals surface area (Å²) in [7, 11) is -3.84. The number of sulfonamides is 1. The summed E-state index contributed by atoms with van der Waals surface area (Å²) >= 11 is 0. The summed E-state index contributed by atoms with van der Waals surface area (Å²) in [5.74, 6) is 0. The molecular formula is C25H35N3O3S. The lowest BCUT2D eigenvalue weighted by Crippen LogP contribution is -2.24. The second kappa shape index (κ2) is 13.7. The molecule has 0 aliphatic carbocycles. The summed E-state index contributed by atoms with van der Waals surface area (Å²) in [4.78, 5) is 2.44. The molecule has 7 heteroatoms. The summed E-state index contributed by atoms with van der Waals surface area (Å²) < 4.78 is 25.4. The highest BCUT2D eigenvalue weighted by Crippen LogP contribution is 2.14. The summed E-state index contributed by atoms with van der Waals surface area (Å²) in [6.45, 7) is 4.10. The molecule has 0 fully saturated rings. The molecule has 0 heterocycles. The Morgan fingerprint density at radius 2 is 1.47 bits per heavy atom. The number of nitrogens with one attached hydrogen (secondary N) is 1. The molecule has 0 bridgehead atoms. The van der Waals surface area contributed by atoms with E-state index in [-0.39, 0.29) is 4.90 Å². The zero-order chi connectivity index (χ0) is 23.2. The molecule has 2 rings (SSSR count). The normalized spacial score (nSPS) is 12.7. The molecule has 0 aliphatic rings. The molecule has 0 aromatic heterocycles. The summed E-state index contributed by atoms with van der Waals surface area (Å²) in [6.07, 6.45) is 9.82. The molecule has 174 valence electrons. The maximum atomic E-state index is 12.7. The van der Waals surface area contributed by atoms with Crippen molar-refractivity contribution in [2.75, 3.05) is 0 Å². The van der Waals surface area contributed by atoms with E-state index in [9.17, 15) is 13.6 Å². The number of hydrogen-bond acceptors (Lipinski definition) is 5. The third-order valence-corrected chi connectivity index (χ3v) is 6.54. The molecule has 0 saturated carbocycles. The summed E-state index contributed by atoms with van der Waals surface area (Å²) in [5, 5.41) is 17.3. The van der Waals surface area contributed by atoms with Crippen molar-refractivity contribution in [1.29, 1.82) is 0 Å². The van der Waals surface area contributed by atoms with Gasteiger partial charge in [0.25, 0.3) is 10.0 Å². The Hall–Kier alpha value is -2.67. The third kappa shape index (κ3) is 8.46. The molecule has 0 unspecified atom stereocenters. The average Bonchev–Trinajstić information content (AvgIpc) is 2.80. The van der Waals surface area contributed by atoms with E-state index in [1.54, 1.807) is 12.1 Å². The van der Waals surface area contributed by atoms with E-state index in [2.05, 4.69) is 22.0 Å². The van der Waals surface area contributed by atoms with E-state index in [1.807, 2.05) is 37.3 Å². The standard InChI is InChI=1S/C25H35N3O3S/c1-3-4-5-6-7-8-9-13-16-24(27-29)25(22-14-11-10-12-15-22)26-28-32(30,31)23-19-17-21(2)18-20-23/h10-12,14-15,17-20,28-29H,3-9,13,16H2,1-2H3/b26-25-,27-24-. The number of hydrogen-bond donors (Lipinski definition) is 2. The van der Waals surface area contributed by atoms with Crippen LogP contribution in [0.5, 0.6) is 0 Å². The molecule has 32 heavy (non-hydrogen) atoms. The van der Waals surface area contributed by atoms with E-state index in [1.165, 1.54) is 44.2 Å². The van der Waals surface area contributed by atoms with E-state index < -0.39 is 10.0 Å². The Labute approximate surface area is 192 Å². The van der Waals surface area contributed by atoms with Gasteiger partial charge in [0.1, 0.15) is 11.4 Å². The molecule has 2 aromatic rings. The van der Waals surface area contributed by atoms with Gasteiger partial charge in [-0.15, -0.1) is 0 Å². The maximum Gasteiger partial charge on any atom is 0.276 e. The van der Waals surface area contributed by atoms with Crippen LogP contribution in [0.25, 0.3) is 0 Å². The number of hydrazone groups is 1. The van der Waals surface area contributed by atoms with Crippen LogP contribution in [0, 0.1) is 6.92 Å². The Morgan fingerprint density at radius 1 is 0.875 bits per heavy atom. The van der Waals surface area contributed by atoms with E-state index in [0.29, 0.717) is 23.4 Å². The number of oxime groups is 1. The number of unbranched alkanes of at least 4 members (excludes halogenated alkanes) is 7. The molecule has 2 aromatic carbocycles. The van der Waals surface area contributed by atoms with Crippen LogP contribution in [0.2, 0.25) is 0 Å². The first kappa shape index (κ1) is 25.6. The minimum atomic E-state index is -3.84.